The van der Waals surface area contributed by atoms with E-state index in [0.717, 1.165) is 5.41 Å². The molecule has 0 saturated heterocycles. The number of rotatable bonds is 6. The summed E-state index contributed by atoms with van der Waals surface area (Å²) in [5.74, 6) is -3.50. The summed E-state index contributed by atoms with van der Waals surface area (Å²) >= 11 is 0. The van der Waals surface area contributed by atoms with Crippen LogP contribution in [0.4, 0.5) is 0 Å². The van der Waals surface area contributed by atoms with Gasteiger partial charge in [-0.3, -0.25) is 14.1 Å². The van der Waals surface area contributed by atoms with Crippen LogP contribution in [0.25, 0.3) is 0 Å². The Labute approximate surface area is 159 Å². The molecular weight excluding hydrogens is 335 g/mol. The summed E-state index contributed by atoms with van der Waals surface area (Å²) in [6.07, 6.45) is 9.68. The Morgan fingerprint density at radius 1 is 1.13 bits per heavy atom. The van der Waals surface area contributed by atoms with Gasteiger partial charge >= 0.3 is 41.5 Å². The molecule has 0 aromatic carbocycles. The van der Waals surface area contributed by atoms with E-state index in [0.29, 0.717) is 0 Å². The van der Waals surface area contributed by atoms with Crippen molar-refractivity contribution in [1.29, 1.82) is 0 Å². The molecule has 0 amide bonds. The second-order valence-electron chi connectivity index (χ2n) is 5.51. The van der Waals surface area contributed by atoms with E-state index in [9.17, 15) is 18.0 Å². The number of hydrogen-bond acceptors (Lipinski definition) is 4. The number of carboxylic acids is 2. The van der Waals surface area contributed by atoms with E-state index >= 15 is 0 Å². The van der Waals surface area contributed by atoms with Crippen molar-refractivity contribution in [3.8, 4) is 0 Å². The molecule has 1 fully saturated rings. The molecule has 130 valence electrons. The molecule has 1 atom stereocenters. The zero-order valence-corrected chi connectivity index (χ0v) is 16.8. The Morgan fingerprint density at radius 3 is 1.74 bits per heavy atom. The molecule has 0 radical (unpaired) electrons. The molecule has 1 aliphatic rings. The number of carbonyl (C=O) groups is 2. The van der Waals surface area contributed by atoms with Crippen LogP contribution in [0.1, 0.15) is 58.8 Å². The van der Waals surface area contributed by atoms with Crippen LogP contribution in [-0.2, 0) is 19.7 Å². The van der Waals surface area contributed by atoms with Gasteiger partial charge in [0.05, 0.1) is 6.42 Å². The normalized spacial score (nSPS) is 17.9. The van der Waals surface area contributed by atoms with E-state index in [1.807, 2.05) is 0 Å². The predicted molar refractivity (Wildman–Crippen MR) is 81.0 cm³/mol. The van der Waals surface area contributed by atoms with Gasteiger partial charge in [-0.2, -0.15) is 21.3 Å². The fourth-order valence-corrected chi connectivity index (χ4v) is 3.13. The van der Waals surface area contributed by atoms with Crippen LogP contribution in [0.3, 0.4) is 0 Å². The minimum absolute atomic E-state index is 0. The van der Waals surface area contributed by atoms with E-state index in [2.05, 4.69) is 20.3 Å². The zero-order chi connectivity index (χ0) is 17.4. The molecular formula is C14H25NaO7S. The Morgan fingerprint density at radius 2 is 1.57 bits per heavy atom. The van der Waals surface area contributed by atoms with E-state index in [1.165, 1.54) is 38.5 Å². The Hall–Kier alpha value is -0.150. The van der Waals surface area contributed by atoms with Gasteiger partial charge in [-0.1, -0.05) is 39.5 Å². The van der Waals surface area contributed by atoms with Crippen molar-refractivity contribution in [1.82, 2.24) is 0 Å². The van der Waals surface area contributed by atoms with Crippen LogP contribution in [-0.4, -0.2) is 40.4 Å². The van der Waals surface area contributed by atoms with Crippen LogP contribution in [0.15, 0.2) is 0 Å². The topological polar surface area (TPSA) is 129 Å². The Kier molecular flexibility index (Phi) is 12.5. The van der Waals surface area contributed by atoms with E-state index in [-0.39, 0.29) is 29.6 Å². The van der Waals surface area contributed by atoms with Gasteiger partial charge in [0.1, 0.15) is 0 Å². The standard InChI is InChI=1S/C10H19.C4H6O7S.Na/c1-3-10(4-2)8-6-5-7-9-10;5-3(6)1-2(4(7)8)12(9,10)11;/h5H,3-4,6-9H2,1-2H3;2H,1H2,(H,5,6)(H,7,8)(H,9,10,11);/q-1;;+1. The third-order valence-corrected chi connectivity index (χ3v) is 5.34. The van der Waals surface area contributed by atoms with Crippen molar-refractivity contribution < 1.29 is 62.3 Å². The Balaban J connectivity index is 0. The molecule has 0 aromatic rings. The van der Waals surface area contributed by atoms with Gasteiger partial charge in [-0.15, -0.1) is 0 Å². The Bertz CT molecular complexity index is 464. The molecule has 1 aliphatic carbocycles. The van der Waals surface area contributed by atoms with Gasteiger partial charge in [0.15, 0.2) is 5.25 Å². The first-order valence-electron chi connectivity index (χ1n) is 7.30. The van der Waals surface area contributed by atoms with Crippen molar-refractivity contribution in [2.45, 2.75) is 64.0 Å². The van der Waals surface area contributed by atoms with Crippen molar-refractivity contribution in [2.24, 2.45) is 5.41 Å². The van der Waals surface area contributed by atoms with Gasteiger partial charge in [-0.25, -0.2) is 0 Å². The number of aliphatic carboxylic acids is 2. The maximum absolute atomic E-state index is 10.2. The van der Waals surface area contributed by atoms with Gasteiger partial charge in [0, 0.05) is 0 Å². The first-order valence-corrected chi connectivity index (χ1v) is 8.81. The summed E-state index contributed by atoms with van der Waals surface area (Å²) in [4.78, 5) is 20.0. The van der Waals surface area contributed by atoms with Crippen LogP contribution in [0.2, 0.25) is 0 Å². The average molecular weight is 360 g/mol. The smallest absolute Gasteiger partial charge is 0.481 e. The van der Waals surface area contributed by atoms with Crippen LogP contribution < -0.4 is 29.6 Å². The predicted octanol–water partition coefficient (Wildman–Crippen LogP) is -0.623. The fraction of sp³-hybridized carbons (Fsp3) is 0.786. The second-order valence-corrected chi connectivity index (χ2v) is 7.11. The largest absolute Gasteiger partial charge is 1.00 e. The van der Waals surface area contributed by atoms with Crippen LogP contribution in [0, 0.1) is 11.8 Å². The molecule has 23 heavy (non-hydrogen) atoms. The summed E-state index contributed by atoms with van der Waals surface area (Å²) in [6.45, 7) is 4.68. The van der Waals surface area contributed by atoms with Crippen molar-refractivity contribution >= 4 is 22.1 Å². The molecule has 0 aromatic heterocycles. The SMILES string of the molecule is CCC1(CC)CC[CH-]CC1.O=C(O)CC(C(=O)O)S(=O)(=O)O.[Na+]. The maximum Gasteiger partial charge on any atom is 1.00 e. The molecule has 0 spiro atoms. The van der Waals surface area contributed by atoms with Crippen molar-refractivity contribution in [3.63, 3.8) is 0 Å². The molecule has 7 nitrogen and oxygen atoms in total. The van der Waals surface area contributed by atoms with Gasteiger partial charge < -0.3 is 16.6 Å². The van der Waals surface area contributed by atoms with Gasteiger partial charge in [-0.05, 0) is 5.41 Å². The fourth-order valence-electron chi connectivity index (χ4n) is 2.52. The molecule has 0 bridgehead atoms. The summed E-state index contributed by atoms with van der Waals surface area (Å²) < 4.78 is 28.7. The van der Waals surface area contributed by atoms with Crippen molar-refractivity contribution in [3.05, 3.63) is 6.42 Å². The molecule has 0 heterocycles. The third kappa shape index (κ3) is 9.66. The average Bonchev–Trinajstić information content (AvgIpc) is 2.44. The van der Waals surface area contributed by atoms with E-state index in [4.69, 9.17) is 14.8 Å². The quantitative estimate of drug-likeness (QED) is 0.327. The summed E-state index contributed by atoms with van der Waals surface area (Å²) in [5.41, 5.74) is 0.731. The molecule has 1 unspecified atom stereocenters. The summed E-state index contributed by atoms with van der Waals surface area (Å²) in [7, 11) is -4.84. The minimum Gasteiger partial charge on any atom is -0.481 e. The molecule has 9 heteroatoms. The zero-order valence-electron chi connectivity index (χ0n) is 14.0. The molecule has 1 rings (SSSR count). The van der Waals surface area contributed by atoms with Gasteiger partial charge in [0.2, 0.25) is 0 Å². The minimum atomic E-state index is -4.84. The van der Waals surface area contributed by atoms with E-state index < -0.39 is 33.7 Å². The van der Waals surface area contributed by atoms with Crippen LogP contribution in [0.5, 0.6) is 0 Å². The maximum atomic E-state index is 10.2. The monoisotopic (exact) mass is 360 g/mol. The second kappa shape index (κ2) is 11.4. The first kappa shape index (κ1) is 25.1. The summed E-state index contributed by atoms with van der Waals surface area (Å²) in [5, 5.41) is 13.9. The van der Waals surface area contributed by atoms with E-state index in [1.54, 1.807) is 0 Å². The van der Waals surface area contributed by atoms with Gasteiger partial charge in [0.25, 0.3) is 10.1 Å². The van der Waals surface area contributed by atoms with Crippen molar-refractivity contribution in [2.75, 3.05) is 0 Å². The summed E-state index contributed by atoms with van der Waals surface area (Å²) in [6, 6.07) is 0. The first-order chi connectivity index (χ1) is 10.1. The van der Waals surface area contributed by atoms with Crippen LogP contribution >= 0.6 is 0 Å². The molecule has 3 N–H and O–H groups in total. The number of hydrogen-bond donors (Lipinski definition) is 3. The molecule has 0 aliphatic heterocycles. The molecule has 1 saturated carbocycles. The number of carboxylic acid groups (broad SMARTS) is 2. The third-order valence-electron chi connectivity index (χ3n) is 4.25.